The molecule has 0 aromatic heterocycles. The summed E-state index contributed by atoms with van der Waals surface area (Å²) in [5, 5.41) is 13.9. The van der Waals surface area contributed by atoms with Gasteiger partial charge in [0.2, 0.25) is 5.91 Å². The minimum atomic E-state index is -0.415. The van der Waals surface area contributed by atoms with Crippen LogP contribution in [-0.2, 0) is 11.3 Å². The number of benzene rings is 2. The van der Waals surface area contributed by atoms with Crippen molar-refractivity contribution in [2.24, 2.45) is 0 Å². The highest BCUT2D eigenvalue weighted by atomic mass is 16.6. The Morgan fingerprint density at radius 2 is 1.80 bits per heavy atom. The lowest BCUT2D eigenvalue weighted by Gasteiger charge is -2.31. The fraction of sp³-hybridized carbons (Fsp3) is 0.435. The third-order valence-corrected chi connectivity index (χ3v) is 5.50. The van der Waals surface area contributed by atoms with E-state index < -0.39 is 4.92 Å². The number of anilines is 2. The molecule has 1 aliphatic rings. The molecular formula is C23H30N4O3. The number of nitro benzene ring substituents is 1. The Labute approximate surface area is 177 Å². The lowest BCUT2D eigenvalue weighted by molar-refractivity contribution is -0.384. The van der Waals surface area contributed by atoms with E-state index in [0.717, 1.165) is 18.8 Å². The Morgan fingerprint density at radius 3 is 2.50 bits per heavy atom. The second-order valence-electron chi connectivity index (χ2n) is 7.76. The number of nitrogens with one attached hydrogen (secondary N) is 1. The smallest absolute Gasteiger partial charge is 0.269 e. The Morgan fingerprint density at radius 1 is 1.10 bits per heavy atom. The fourth-order valence-corrected chi connectivity index (χ4v) is 3.80. The number of carbonyl (C=O) groups is 1. The number of hydrogen-bond acceptors (Lipinski definition) is 5. The van der Waals surface area contributed by atoms with Crippen molar-refractivity contribution in [2.45, 2.75) is 38.6 Å². The molecule has 7 nitrogen and oxygen atoms in total. The van der Waals surface area contributed by atoms with Gasteiger partial charge in [0.1, 0.15) is 0 Å². The highest BCUT2D eigenvalue weighted by molar-refractivity contribution is 5.76. The predicted octanol–water partition coefficient (Wildman–Crippen LogP) is 4.44. The molecule has 0 radical (unpaired) electrons. The van der Waals surface area contributed by atoms with Crippen LogP contribution in [-0.4, -0.2) is 42.4 Å². The van der Waals surface area contributed by atoms with Crippen molar-refractivity contribution in [1.29, 1.82) is 0 Å². The fourth-order valence-electron chi connectivity index (χ4n) is 3.80. The molecule has 0 aliphatic carbocycles. The zero-order chi connectivity index (χ0) is 21.3. The summed E-state index contributed by atoms with van der Waals surface area (Å²) in [5.74, 6) is 0.119. The molecule has 1 fully saturated rings. The minimum Gasteiger partial charge on any atom is -0.385 e. The van der Waals surface area contributed by atoms with Crippen molar-refractivity contribution >= 4 is 23.0 Å². The van der Waals surface area contributed by atoms with E-state index in [-0.39, 0.29) is 11.6 Å². The minimum absolute atomic E-state index is 0.0715. The number of piperidine rings is 1. The van der Waals surface area contributed by atoms with E-state index in [1.165, 1.54) is 42.6 Å². The van der Waals surface area contributed by atoms with Crippen LogP contribution in [0.3, 0.4) is 0 Å². The Hall–Kier alpha value is -3.09. The van der Waals surface area contributed by atoms with Crippen molar-refractivity contribution in [1.82, 2.24) is 4.90 Å². The molecule has 2 aromatic rings. The van der Waals surface area contributed by atoms with Gasteiger partial charge in [-0.05, 0) is 49.4 Å². The van der Waals surface area contributed by atoms with Gasteiger partial charge < -0.3 is 15.1 Å². The molecule has 0 atom stereocenters. The van der Waals surface area contributed by atoms with E-state index in [4.69, 9.17) is 0 Å². The molecule has 3 rings (SSSR count). The Balaban J connectivity index is 1.45. The summed E-state index contributed by atoms with van der Waals surface area (Å²) in [4.78, 5) is 27.1. The molecular weight excluding hydrogens is 380 g/mol. The highest BCUT2D eigenvalue weighted by Gasteiger charge is 2.16. The molecule has 7 heteroatoms. The number of hydrogen-bond donors (Lipinski definition) is 1. The quantitative estimate of drug-likeness (QED) is 0.376. The summed E-state index contributed by atoms with van der Waals surface area (Å²) < 4.78 is 0. The third-order valence-electron chi connectivity index (χ3n) is 5.50. The maximum Gasteiger partial charge on any atom is 0.269 e. The molecule has 0 unspecified atom stereocenters. The summed E-state index contributed by atoms with van der Waals surface area (Å²) in [6.07, 6.45) is 4.91. The first-order valence-corrected chi connectivity index (χ1v) is 10.6. The number of nitrogens with zero attached hydrogens (tertiary/aromatic N) is 3. The largest absolute Gasteiger partial charge is 0.385 e. The second-order valence-corrected chi connectivity index (χ2v) is 7.76. The monoisotopic (exact) mass is 410 g/mol. The van der Waals surface area contributed by atoms with Gasteiger partial charge in [0, 0.05) is 63.2 Å². The van der Waals surface area contributed by atoms with Crippen LogP contribution >= 0.6 is 0 Å². The van der Waals surface area contributed by atoms with Crippen LogP contribution in [0.15, 0.2) is 48.5 Å². The molecule has 0 saturated carbocycles. The van der Waals surface area contributed by atoms with Crippen LogP contribution in [0.5, 0.6) is 0 Å². The van der Waals surface area contributed by atoms with Crippen LogP contribution in [0.4, 0.5) is 17.1 Å². The summed E-state index contributed by atoms with van der Waals surface area (Å²) in [7, 11) is 1.86. The number of nitro groups is 1. The van der Waals surface area contributed by atoms with Gasteiger partial charge in [0.25, 0.3) is 5.69 Å². The summed E-state index contributed by atoms with van der Waals surface area (Å²) in [6, 6.07) is 14.7. The SMILES string of the molecule is CN(Cc1ccccc1N1CCCCC1)C(=O)CCCNc1ccc([N+](=O)[O-])cc1. The third kappa shape index (κ3) is 5.95. The van der Waals surface area contributed by atoms with Crippen molar-refractivity contribution in [2.75, 3.05) is 36.9 Å². The maximum atomic E-state index is 12.6. The van der Waals surface area contributed by atoms with Gasteiger partial charge in [-0.1, -0.05) is 18.2 Å². The van der Waals surface area contributed by atoms with Crippen molar-refractivity contribution in [3.63, 3.8) is 0 Å². The lowest BCUT2D eigenvalue weighted by atomic mass is 10.1. The molecule has 30 heavy (non-hydrogen) atoms. The summed E-state index contributed by atoms with van der Waals surface area (Å²) in [5.41, 5.74) is 3.33. The average Bonchev–Trinajstić information content (AvgIpc) is 2.77. The van der Waals surface area contributed by atoms with Crippen molar-refractivity contribution in [3.05, 3.63) is 64.2 Å². The first kappa shape index (κ1) is 21.6. The number of rotatable bonds is 9. The van der Waals surface area contributed by atoms with Gasteiger partial charge in [-0.15, -0.1) is 0 Å². The predicted molar refractivity (Wildman–Crippen MR) is 120 cm³/mol. The molecule has 1 aliphatic heterocycles. The molecule has 1 heterocycles. The summed E-state index contributed by atoms with van der Waals surface area (Å²) in [6.45, 7) is 3.43. The van der Waals surface area contributed by atoms with E-state index in [2.05, 4.69) is 28.4 Å². The first-order chi connectivity index (χ1) is 14.5. The first-order valence-electron chi connectivity index (χ1n) is 10.6. The zero-order valence-corrected chi connectivity index (χ0v) is 17.5. The number of carbonyl (C=O) groups excluding carboxylic acids is 1. The van der Waals surface area contributed by atoms with E-state index in [9.17, 15) is 14.9 Å². The van der Waals surface area contributed by atoms with Crippen LogP contribution < -0.4 is 10.2 Å². The van der Waals surface area contributed by atoms with Crippen LogP contribution in [0.1, 0.15) is 37.7 Å². The average molecular weight is 411 g/mol. The van der Waals surface area contributed by atoms with Crippen LogP contribution in [0.2, 0.25) is 0 Å². The van der Waals surface area contributed by atoms with Crippen molar-refractivity contribution < 1.29 is 9.72 Å². The van der Waals surface area contributed by atoms with Gasteiger partial charge in [-0.2, -0.15) is 0 Å². The van der Waals surface area contributed by atoms with E-state index >= 15 is 0 Å². The molecule has 2 aromatic carbocycles. The normalized spacial score (nSPS) is 13.7. The van der Waals surface area contributed by atoms with E-state index in [0.29, 0.717) is 25.9 Å². The number of para-hydroxylation sites is 1. The molecule has 1 N–H and O–H groups in total. The number of non-ortho nitro benzene ring substituents is 1. The van der Waals surface area contributed by atoms with E-state index in [1.54, 1.807) is 17.0 Å². The van der Waals surface area contributed by atoms with Crippen LogP contribution in [0, 0.1) is 10.1 Å². The highest BCUT2D eigenvalue weighted by Crippen LogP contribution is 2.25. The maximum absolute atomic E-state index is 12.6. The topological polar surface area (TPSA) is 78.7 Å². The Bertz CT molecular complexity index is 848. The molecule has 0 spiro atoms. The second kappa shape index (κ2) is 10.6. The van der Waals surface area contributed by atoms with Crippen LogP contribution in [0.25, 0.3) is 0 Å². The van der Waals surface area contributed by atoms with Gasteiger partial charge in [-0.25, -0.2) is 0 Å². The van der Waals surface area contributed by atoms with Gasteiger partial charge in [0.15, 0.2) is 0 Å². The van der Waals surface area contributed by atoms with Gasteiger partial charge in [-0.3, -0.25) is 14.9 Å². The number of amides is 1. The van der Waals surface area contributed by atoms with Gasteiger partial charge in [0.05, 0.1) is 4.92 Å². The van der Waals surface area contributed by atoms with E-state index in [1.807, 2.05) is 13.1 Å². The molecule has 1 saturated heterocycles. The molecule has 160 valence electrons. The van der Waals surface area contributed by atoms with Crippen molar-refractivity contribution in [3.8, 4) is 0 Å². The standard InChI is InChI=1S/C23H30N4O3/c1-25(18-19-8-3-4-9-22(19)26-16-5-2-6-17-26)23(28)10-7-15-24-20-11-13-21(14-12-20)27(29)30/h3-4,8-9,11-14,24H,2,5-7,10,15-18H2,1H3. The molecule has 1 amide bonds. The van der Waals surface area contributed by atoms with Gasteiger partial charge >= 0.3 is 0 Å². The lowest BCUT2D eigenvalue weighted by Crippen LogP contribution is -2.32. The Kier molecular flexibility index (Phi) is 7.65. The summed E-state index contributed by atoms with van der Waals surface area (Å²) >= 11 is 0. The zero-order valence-electron chi connectivity index (χ0n) is 17.5. The molecule has 0 bridgehead atoms.